The molecule has 0 unspecified atom stereocenters. The summed E-state index contributed by atoms with van der Waals surface area (Å²) >= 11 is 0. The molecule has 0 radical (unpaired) electrons. The van der Waals surface area contributed by atoms with Crippen molar-refractivity contribution in [1.29, 1.82) is 0 Å². The van der Waals surface area contributed by atoms with Crippen molar-refractivity contribution in [1.82, 2.24) is 5.32 Å². The van der Waals surface area contributed by atoms with E-state index >= 15 is 0 Å². The van der Waals surface area contributed by atoms with Crippen LogP contribution in [0, 0.1) is 0 Å². The Kier molecular flexibility index (Phi) is 2.28. The van der Waals surface area contributed by atoms with E-state index in [0.717, 1.165) is 6.54 Å². The number of methoxy groups -OCH3 is 1. The third-order valence-corrected chi connectivity index (χ3v) is 1.22. The molecule has 10 heavy (non-hydrogen) atoms. The van der Waals surface area contributed by atoms with Gasteiger partial charge in [-0.3, -0.25) is 0 Å². The fraction of sp³-hybridized carbons (Fsp3) is 0.500. The van der Waals surface area contributed by atoms with Crippen LogP contribution in [0.15, 0.2) is 16.9 Å². The van der Waals surface area contributed by atoms with Crippen LogP contribution >= 0.6 is 0 Å². The molecule has 0 fully saturated rings. The largest absolute Gasteiger partial charge is 0.483 e. The number of nitrogens with one attached hydrogen (secondary N) is 1. The van der Waals surface area contributed by atoms with Crippen molar-refractivity contribution in [3.05, 3.63) is 11.9 Å². The smallest absolute Gasteiger partial charge is 0.203 e. The van der Waals surface area contributed by atoms with Crippen molar-refractivity contribution in [2.24, 2.45) is 10.7 Å². The second kappa shape index (κ2) is 3.22. The van der Waals surface area contributed by atoms with Crippen molar-refractivity contribution in [2.45, 2.75) is 0 Å². The number of nitrogens with two attached hydrogens (primary N) is 1. The fourth-order valence-electron chi connectivity index (χ4n) is 0.703. The Balaban J connectivity index is 2.65. The number of hydrogen-bond acceptors (Lipinski definition) is 4. The molecule has 0 saturated heterocycles. The molecule has 4 nitrogen and oxygen atoms in total. The third-order valence-electron chi connectivity index (χ3n) is 1.22. The van der Waals surface area contributed by atoms with Gasteiger partial charge in [-0.1, -0.05) is 0 Å². The number of rotatable bonds is 0. The molecule has 0 bridgehead atoms. The minimum atomic E-state index is 0.516. The first-order valence-corrected chi connectivity index (χ1v) is 3.11. The van der Waals surface area contributed by atoms with E-state index in [2.05, 4.69) is 10.3 Å². The maximum atomic E-state index is 5.45. The molecule has 0 atom stereocenters. The van der Waals surface area contributed by atoms with E-state index in [9.17, 15) is 0 Å². The van der Waals surface area contributed by atoms with Crippen molar-refractivity contribution in [3.63, 3.8) is 0 Å². The average Bonchev–Trinajstić information content (AvgIpc) is 2.13. The second-order valence-electron chi connectivity index (χ2n) is 1.97. The summed E-state index contributed by atoms with van der Waals surface area (Å²) in [6, 6.07) is 0. The molecule has 4 heteroatoms. The summed E-state index contributed by atoms with van der Waals surface area (Å²) in [6.45, 7) is 1.40. The lowest BCUT2D eigenvalue weighted by Gasteiger charge is -2.00. The Morgan fingerprint density at radius 1 is 1.80 bits per heavy atom. The molecule has 0 saturated carbocycles. The summed E-state index contributed by atoms with van der Waals surface area (Å²) in [4.78, 5) is 3.97. The molecule has 0 spiro atoms. The van der Waals surface area contributed by atoms with E-state index in [-0.39, 0.29) is 0 Å². The van der Waals surface area contributed by atoms with Crippen molar-refractivity contribution >= 4 is 5.90 Å². The molecule has 56 valence electrons. The van der Waals surface area contributed by atoms with Gasteiger partial charge < -0.3 is 15.8 Å². The van der Waals surface area contributed by atoms with E-state index in [4.69, 9.17) is 10.5 Å². The monoisotopic (exact) mass is 141 g/mol. The maximum absolute atomic E-state index is 5.45. The van der Waals surface area contributed by atoms with Crippen LogP contribution in [-0.2, 0) is 4.74 Å². The highest BCUT2D eigenvalue weighted by Crippen LogP contribution is 1.91. The summed E-state index contributed by atoms with van der Waals surface area (Å²) in [5.74, 6) is 1.15. The molecule has 1 aliphatic heterocycles. The zero-order valence-electron chi connectivity index (χ0n) is 5.92. The van der Waals surface area contributed by atoms with Crippen LogP contribution in [0.3, 0.4) is 0 Å². The minimum Gasteiger partial charge on any atom is -0.483 e. The molecular formula is C6H11N3O. The number of aliphatic imine (C=N–C) groups is 1. The van der Waals surface area contributed by atoms with Crippen molar-refractivity contribution in [3.8, 4) is 0 Å². The van der Waals surface area contributed by atoms with E-state index in [0.29, 0.717) is 18.3 Å². The summed E-state index contributed by atoms with van der Waals surface area (Å²) in [5, 5.41) is 3.07. The lowest BCUT2D eigenvalue weighted by Crippen LogP contribution is -2.22. The number of ether oxygens (including phenoxy) is 1. The summed E-state index contributed by atoms with van der Waals surface area (Å²) < 4.78 is 4.91. The van der Waals surface area contributed by atoms with E-state index in [1.54, 1.807) is 7.11 Å². The van der Waals surface area contributed by atoms with Gasteiger partial charge >= 0.3 is 0 Å². The first-order valence-electron chi connectivity index (χ1n) is 3.11. The van der Waals surface area contributed by atoms with Crippen LogP contribution in [0.5, 0.6) is 0 Å². The van der Waals surface area contributed by atoms with Gasteiger partial charge in [0.2, 0.25) is 5.90 Å². The van der Waals surface area contributed by atoms with Gasteiger partial charge in [0.1, 0.15) is 5.82 Å². The van der Waals surface area contributed by atoms with Gasteiger partial charge in [0.25, 0.3) is 0 Å². The standard InChI is InChI=1S/C6H11N3O/c1-10-6-4-8-3-2-5(7)9-6/h2,8H,3-4,7H2,1H3. The minimum absolute atomic E-state index is 0.516. The quantitative estimate of drug-likeness (QED) is 0.475. The Hall–Kier alpha value is -1.03. The Morgan fingerprint density at radius 3 is 3.30 bits per heavy atom. The van der Waals surface area contributed by atoms with Crippen molar-refractivity contribution < 1.29 is 4.74 Å². The Bertz CT molecular complexity index is 174. The lowest BCUT2D eigenvalue weighted by atomic mass is 10.5. The Morgan fingerprint density at radius 2 is 2.60 bits per heavy atom. The summed E-state index contributed by atoms with van der Waals surface area (Å²) in [6.07, 6.45) is 1.81. The van der Waals surface area contributed by atoms with Crippen LogP contribution in [0.25, 0.3) is 0 Å². The maximum Gasteiger partial charge on any atom is 0.203 e. The van der Waals surface area contributed by atoms with Crippen LogP contribution in [-0.4, -0.2) is 26.1 Å². The second-order valence-corrected chi connectivity index (χ2v) is 1.97. The van der Waals surface area contributed by atoms with Crippen LogP contribution < -0.4 is 11.1 Å². The van der Waals surface area contributed by atoms with Crippen LogP contribution in [0.2, 0.25) is 0 Å². The lowest BCUT2D eigenvalue weighted by molar-refractivity contribution is 0.391. The normalized spacial score (nSPS) is 18.9. The SMILES string of the molecule is COC1=NC(N)=CCNC1. The van der Waals surface area contributed by atoms with Gasteiger partial charge in [-0.25, -0.2) is 0 Å². The highest BCUT2D eigenvalue weighted by Gasteiger charge is 2.01. The van der Waals surface area contributed by atoms with Gasteiger partial charge in [-0.2, -0.15) is 4.99 Å². The predicted molar refractivity (Wildman–Crippen MR) is 39.6 cm³/mol. The first-order chi connectivity index (χ1) is 4.83. The first kappa shape index (κ1) is 7.08. The fourth-order valence-corrected chi connectivity index (χ4v) is 0.703. The zero-order valence-corrected chi connectivity index (χ0v) is 5.92. The van der Waals surface area contributed by atoms with Crippen molar-refractivity contribution in [2.75, 3.05) is 20.2 Å². The molecule has 0 aromatic rings. The van der Waals surface area contributed by atoms with E-state index < -0.39 is 0 Å². The molecule has 1 rings (SSSR count). The van der Waals surface area contributed by atoms with E-state index in [1.165, 1.54) is 0 Å². The zero-order chi connectivity index (χ0) is 7.40. The molecule has 0 amide bonds. The van der Waals surface area contributed by atoms with Gasteiger partial charge in [0.05, 0.1) is 13.7 Å². The summed E-state index contributed by atoms with van der Waals surface area (Å²) in [5.41, 5.74) is 5.45. The highest BCUT2D eigenvalue weighted by molar-refractivity contribution is 5.79. The van der Waals surface area contributed by atoms with E-state index in [1.807, 2.05) is 6.08 Å². The van der Waals surface area contributed by atoms with Gasteiger partial charge in [-0.05, 0) is 6.08 Å². The summed E-state index contributed by atoms with van der Waals surface area (Å²) in [7, 11) is 1.58. The molecule has 1 aliphatic rings. The number of nitrogens with zero attached hydrogens (tertiary/aromatic N) is 1. The molecule has 1 heterocycles. The van der Waals surface area contributed by atoms with Gasteiger partial charge in [-0.15, -0.1) is 0 Å². The number of hydrogen-bond donors (Lipinski definition) is 2. The average molecular weight is 141 g/mol. The predicted octanol–water partition coefficient (Wildman–Crippen LogP) is -0.565. The van der Waals surface area contributed by atoms with Gasteiger partial charge in [0.15, 0.2) is 0 Å². The molecule has 3 N–H and O–H groups in total. The highest BCUT2D eigenvalue weighted by atomic mass is 16.5. The molecule has 0 aliphatic carbocycles. The third kappa shape index (κ3) is 1.73. The van der Waals surface area contributed by atoms with Gasteiger partial charge in [0, 0.05) is 6.54 Å². The van der Waals surface area contributed by atoms with Crippen LogP contribution in [0.1, 0.15) is 0 Å². The Labute approximate surface area is 59.8 Å². The molecule has 0 aromatic heterocycles. The molecular weight excluding hydrogens is 130 g/mol. The topological polar surface area (TPSA) is 59.6 Å². The molecule has 0 aromatic carbocycles. The van der Waals surface area contributed by atoms with Crippen LogP contribution in [0.4, 0.5) is 0 Å².